The zero-order valence-corrected chi connectivity index (χ0v) is 17.9. The Morgan fingerprint density at radius 1 is 0.812 bits per heavy atom. The Hall–Kier alpha value is -4.13. The molecule has 0 aliphatic rings. The van der Waals surface area contributed by atoms with Crippen molar-refractivity contribution in [1.82, 2.24) is 5.32 Å². The third-order valence-corrected chi connectivity index (χ3v) is 4.84. The summed E-state index contributed by atoms with van der Waals surface area (Å²) in [4.78, 5) is 38.1. The van der Waals surface area contributed by atoms with E-state index in [9.17, 15) is 14.4 Å². The molecule has 3 aromatic rings. The normalized spacial score (nSPS) is 11.2. The number of methoxy groups -OCH3 is 1. The minimum absolute atomic E-state index is 0.271. The summed E-state index contributed by atoms with van der Waals surface area (Å²) in [6.45, 7) is 1.81. The van der Waals surface area contributed by atoms with Crippen LogP contribution in [0.25, 0.3) is 0 Å². The molecule has 164 valence electrons. The minimum Gasteiger partial charge on any atom is -0.497 e. The van der Waals surface area contributed by atoms with Crippen molar-refractivity contribution in [2.24, 2.45) is 0 Å². The first-order chi connectivity index (χ1) is 15.5. The smallest absolute Gasteiger partial charge is 0.255 e. The summed E-state index contributed by atoms with van der Waals surface area (Å²) in [6, 6.07) is 21.6. The lowest BCUT2D eigenvalue weighted by Gasteiger charge is -2.18. The van der Waals surface area contributed by atoms with E-state index >= 15 is 0 Å². The van der Waals surface area contributed by atoms with E-state index < -0.39 is 11.9 Å². The number of carbonyl (C=O) groups is 3. The molecule has 0 bridgehead atoms. The number of hydrogen-bond acceptors (Lipinski definition) is 4. The molecule has 3 N–H and O–H groups in total. The zero-order chi connectivity index (χ0) is 22.9. The lowest BCUT2D eigenvalue weighted by atomic mass is 10.1. The molecular formula is C25H25N3O4. The molecule has 0 fully saturated rings. The summed E-state index contributed by atoms with van der Waals surface area (Å²) in [5.41, 5.74) is 1.71. The van der Waals surface area contributed by atoms with Crippen molar-refractivity contribution in [3.8, 4) is 5.75 Å². The Labute approximate surface area is 186 Å². The maximum Gasteiger partial charge on any atom is 0.255 e. The van der Waals surface area contributed by atoms with Crippen LogP contribution in [-0.4, -0.2) is 30.9 Å². The second-order valence-electron chi connectivity index (χ2n) is 7.02. The fourth-order valence-corrected chi connectivity index (χ4v) is 3.07. The summed E-state index contributed by atoms with van der Waals surface area (Å²) in [6.07, 6.45) is 0.395. The second-order valence-corrected chi connectivity index (χ2v) is 7.02. The van der Waals surface area contributed by atoms with E-state index in [0.29, 0.717) is 29.1 Å². The molecule has 0 aromatic heterocycles. The van der Waals surface area contributed by atoms with Gasteiger partial charge >= 0.3 is 0 Å². The molecule has 3 amide bonds. The molecule has 1 unspecified atom stereocenters. The summed E-state index contributed by atoms with van der Waals surface area (Å²) < 4.78 is 5.11. The molecule has 7 nitrogen and oxygen atoms in total. The van der Waals surface area contributed by atoms with Crippen molar-refractivity contribution < 1.29 is 19.1 Å². The van der Waals surface area contributed by atoms with Crippen molar-refractivity contribution in [2.45, 2.75) is 19.4 Å². The first kappa shape index (κ1) is 22.6. The van der Waals surface area contributed by atoms with Crippen LogP contribution in [0.2, 0.25) is 0 Å². The summed E-state index contributed by atoms with van der Waals surface area (Å²) in [5.74, 6) is -0.435. The van der Waals surface area contributed by atoms with Gasteiger partial charge in [-0.15, -0.1) is 0 Å². The molecular weight excluding hydrogens is 406 g/mol. The number of ether oxygens (including phenoxy) is 1. The van der Waals surface area contributed by atoms with Gasteiger partial charge in [-0.1, -0.05) is 37.3 Å². The Morgan fingerprint density at radius 3 is 2.12 bits per heavy atom. The molecule has 0 spiro atoms. The van der Waals surface area contributed by atoms with Gasteiger partial charge < -0.3 is 20.7 Å². The van der Waals surface area contributed by atoms with E-state index in [1.54, 1.807) is 79.9 Å². The highest BCUT2D eigenvalue weighted by Crippen LogP contribution is 2.18. The average Bonchev–Trinajstić information content (AvgIpc) is 2.83. The van der Waals surface area contributed by atoms with Gasteiger partial charge in [0.15, 0.2) is 0 Å². The molecule has 32 heavy (non-hydrogen) atoms. The van der Waals surface area contributed by atoms with Crippen molar-refractivity contribution >= 4 is 29.1 Å². The van der Waals surface area contributed by atoms with Crippen LogP contribution in [0.5, 0.6) is 5.75 Å². The van der Waals surface area contributed by atoms with E-state index in [1.807, 2.05) is 13.0 Å². The van der Waals surface area contributed by atoms with Crippen LogP contribution in [0, 0.1) is 0 Å². The van der Waals surface area contributed by atoms with Gasteiger partial charge in [-0.3, -0.25) is 14.4 Å². The topological polar surface area (TPSA) is 96.5 Å². The number of anilines is 2. The summed E-state index contributed by atoms with van der Waals surface area (Å²) in [7, 11) is 1.57. The minimum atomic E-state index is -0.748. The van der Waals surface area contributed by atoms with Crippen molar-refractivity contribution in [3.05, 3.63) is 90.0 Å². The number of benzene rings is 3. The van der Waals surface area contributed by atoms with Gasteiger partial charge in [0.25, 0.3) is 11.8 Å². The lowest BCUT2D eigenvalue weighted by molar-refractivity contribution is -0.118. The maximum absolute atomic E-state index is 12.9. The Balaban J connectivity index is 1.69. The molecule has 0 radical (unpaired) electrons. The highest BCUT2D eigenvalue weighted by Gasteiger charge is 2.22. The fourth-order valence-electron chi connectivity index (χ4n) is 3.07. The van der Waals surface area contributed by atoms with Gasteiger partial charge in [0.1, 0.15) is 11.8 Å². The van der Waals surface area contributed by atoms with Crippen molar-refractivity contribution in [3.63, 3.8) is 0 Å². The predicted octanol–water partition coefficient (Wildman–Crippen LogP) is 4.09. The van der Waals surface area contributed by atoms with Crippen LogP contribution in [0.1, 0.15) is 34.1 Å². The Kier molecular flexibility index (Phi) is 7.59. The van der Waals surface area contributed by atoms with Crippen LogP contribution >= 0.6 is 0 Å². The van der Waals surface area contributed by atoms with Gasteiger partial charge in [-0.2, -0.15) is 0 Å². The quantitative estimate of drug-likeness (QED) is 0.500. The van der Waals surface area contributed by atoms with E-state index in [2.05, 4.69) is 16.0 Å². The van der Waals surface area contributed by atoms with E-state index in [-0.39, 0.29) is 17.4 Å². The largest absolute Gasteiger partial charge is 0.497 e. The molecule has 0 heterocycles. The van der Waals surface area contributed by atoms with Crippen LogP contribution in [-0.2, 0) is 4.79 Å². The molecule has 0 saturated heterocycles. The van der Waals surface area contributed by atoms with Gasteiger partial charge in [-0.25, -0.2) is 0 Å². The fraction of sp³-hybridized carbons (Fsp3) is 0.160. The summed E-state index contributed by atoms with van der Waals surface area (Å²) >= 11 is 0. The van der Waals surface area contributed by atoms with Gasteiger partial charge in [0, 0.05) is 11.3 Å². The van der Waals surface area contributed by atoms with Gasteiger partial charge in [-0.05, 0) is 55.0 Å². The number of carbonyl (C=O) groups excluding carboxylic acids is 3. The number of nitrogens with one attached hydrogen (secondary N) is 3. The lowest BCUT2D eigenvalue weighted by Crippen LogP contribution is -2.43. The number of rotatable bonds is 8. The van der Waals surface area contributed by atoms with Gasteiger partial charge in [0.2, 0.25) is 5.91 Å². The van der Waals surface area contributed by atoms with Crippen molar-refractivity contribution in [2.75, 3.05) is 17.7 Å². The number of amides is 3. The zero-order valence-electron chi connectivity index (χ0n) is 17.9. The monoisotopic (exact) mass is 431 g/mol. The SMILES string of the molecule is CCC(NC(=O)c1ccccc1NC(=O)c1ccccc1)C(=O)Nc1ccc(OC)cc1. The molecule has 7 heteroatoms. The van der Waals surface area contributed by atoms with E-state index in [1.165, 1.54) is 0 Å². The van der Waals surface area contributed by atoms with Crippen LogP contribution in [0.4, 0.5) is 11.4 Å². The highest BCUT2D eigenvalue weighted by molar-refractivity contribution is 6.10. The second kappa shape index (κ2) is 10.8. The van der Waals surface area contributed by atoms with Crippen molar-refractivity contribution in [1.29, 1.82) is 0 Å². The van der Waals surface area contributed by atoms with E-state index in [4.69, 9.17) is 4.74 Å². The number of para-hydroxylation sites is 1. The van der Waals surface area contributed by atoms with Crippen LogP contribution in [0.3, 0.4) is 0 Å². The first-order valence-corrected chi connectivity index (χ1v) is 10.2. The maximum atomic E-state index is 12.9. The average molecular weight is 431 g/mol. The first-order valence-electron chi connectivity index (χ1n) is 10.2. The number of hydrogen-bond donors (Lipinski definition) is 3. The Morgan fingerprint density at radius 2 is 1.47 bits per heavy atom. The van der Waals surface area contributed by atoms with Gasteiger partial charge in [0.05, 0.1) is 18.4 Å². The third kappa shape index (κ3) is 5.72. The molecule has 0 saturated carbocycles. The van der Waals surface area contributed by atoms with Crippen LogP contribution < -0.4 is 20.7 Å². The molecule has 0 aliphatic heterocycles. The molecule has 0 aliphatic carbocycles. The third-order valence-electron chi connectivity index (χ3n) is 4.84. The predicted molar refractivity (Wildman–Crippen MR) is 124 cm³/mol. The highest BCUT2D eigenvalue weighted by atomic mass is 16.5. The Bertz CT molecular complexity index is 1080. The van der Waals surface area contributed by atoms with Crippen LogP contribution in [0.15, 0.2) is 78.9 Å². The molecule has 1 atom stereocenters. The standard InChI is InChI=1S/C25H25N3O4/c1-3-21(25(31)26-18-13-15-19(32-2)16-14-18)27-24(30)20-11-7-8-12-22(20)28-23(29)17-9-5-4-6-10-17/h4-16,21H,3H2,1-2H3,(H,26,31)(H,27,30)(H,28,29). The molecule has 3 aromatic carbocycles. The van der Waals surface area contributed by atoms with E-state index in [0.717, 1.165) is 0 Å². The molecule has 3 rings (SSSR count). The summed E-state index contributed by atoms with van der Waals surface area (Å²) in [5, 5.41) is 8.31.